The second-order valence-corrected chi connectivity index (χ2v) is 3.07. The first-order chi connectivity index (χ1) is 6.56. The van der Waals surface area contributed by atoms with Gasteiger partial charge in [0.1, 0.15) is 11.9 Å². The first-order valence-corrected chi connectivity index (χ1v) is 4.22. The molecule has 5 heteroatoms. The van der Waals surface area contributed by atoms with Crippen molar-refractivity contribution in [3.05, 3.63) is 34.6 Å². The zero-order valence-corrected chi connectivity index (χ0v) is 8.22. The van der Waals surface area contributed by atoms with E-state index in [1.165, 1.54) is 19.2 Å². The van der Waals surface area contributed by atoms with Crippen molar-refractivity contribution < 1.29 is 13.9 Å². The molecule has 0 aliphatic rings. The smallest absolute Gasteiger partial charge is 0.327 e. The van der Waals surface area contributed by atoms with Crippen molar-refractivity contribution in [1.29, 1.82) is 0 Å². The maximum absolute atomic E-state index is 12.8. The summed E-state index contributed by atoms with van der Waals surface area (Å²) in [5.41, 5.74) is 5.71. The van der Waals surface area contributed by atoms with E-state index >= 15 is 0 Å². The van der Waals surface area contributed by atoms with Crippen LogP contribution >= 0.6 is 11.6 Å². The zero-order valence-electron chi connectivity index (χ0n) is 7.46. The van der Waals surface area contributed by atoms with Gasteiger partial charge in [-0.3, -0.25) is 4.79 Å². The molecule has 0 saturated heterocycles. The van der Waals surface area contributed by atoms with E-state index in [2.05, 4.69) is 4.74 Å². The Balaban J connectivity index is 3.05. The van der Waals surface area contributed by atoms with Crippen LogP contribution in [0, 0.1) is 5.82 Å². The van der Waals surface area contributed by atoms with Crippen LogP contribution in [0.25, 0.3) is 0 Å². The van der Waals surface area contributed by atoms with Gasteiger partial charge in [0.05, 0.1) is 7.11 Å². The molecule has 0 fully saturated rings. The molecule has 3 nitrogen and oxygen atoms in total. The highest BCUT2D eigenvalue weighted by Crippen LogP contribution is 2.23. The van der Waals surface area contributed by atoms with Crippen molar-refractivity contribution in [2.75, 3.05) is 7.11 Å². The summed E-state index contributed by atoms with van der Waals surface area (Å²) in [5, 5.41) is 0.240. The van der Waals surface area contributed by atoms with Gasteiger partial charge in [0.2, 0.25) is 0 Å². The number of hydrogen-bond donors (Lipinski definition) is 1. The fraction of sp³-hybridized carbons (Fsp3) is 0.222. The van der Waals surface area contributed by atoms with Gasteiger partial charge >= 0.3 is 5.97 Å². The Bertz CT molecular complexity index is 357. The number of rotatable bonds is 2. The van der Waals surface area contributed by atoms with Crippen LogP contribution < -0.4 is 5.73 Å². The molecule has 14 heavy (non-hydrogen) atoms. The molecule has 0 aliphatic carbocycles. The average molecular weight is 218 g/mol. The highest BCUT2D eigenvalue weighted by molar-refractivity contribution is 6.31. The van der Waals surface area contributed by atoms with E-state index < -0.39 is 17.8 Å². The van der Waals surface area contributed by atoms with Crippen molar-refractivity contribution in [2.45, 2.75) is 6.04 Å². The average Bonchev–Trinajstić information content (AvgIpc) is 2.19. The lowest BCUT2D eigenvalue weighted by Crippen LogP contribution is -2.23. The van der Waals surface area contributed by atoms with E-state index in [1.807, 2.05) is 0 Å². The molecular weight excluding hydrogens is 209 g/mol. The van der Waals surface area contributed by atoms with E-state index in [4.69, 9.17) is 17.3 Å². The maximum atomic E-state index is 12.8. The van der Waals surface area contributed by atoms with Crippen molar-refractivity contribution in [3.63, 3.8) is 0 Å². The van der Waals surface area contributed by atoms with Gasteiger partial charge in [0, 0.05) is 10.6 Å². The van der Waals surface area contributed by atoms with Gasteiger partial charge in [-0.1, -0.05) is 11.6 Å². The van der Waals surface area contributed by atoms with Crippen molar-refractivity contribution in [3.8, 4) is 0 Å². The molecule has 0 amide bonds. The molecule has 0 heterocycles. The lowest BCUT2D eigenvalue weighted by molar-refractivity contribution is -0.142. The predicted octanol–water partition coefficient (Wildman–Crippen LogP) is 1.65. The monoisotopic (exact) mass is 217 g/mol. The molecule has 0 saturated carbocycles. The van der Waals surface area contributed by atoms with Crippen LogP contribution in [0.15, 0.2) is 18.2 Å². The van der Waals surface area contributed by atoms with Gasteiger partial charge in [-0.05, 0) is 18.2 Å². The van der Waals surface area contributed by atoms with Crippen LogP contribution in [0.3, 0.4) is 0 Å². The minimum Gasteiger partial charge on any atom is -0.468 e. The molecule has 76 valence electrons. The maximum Gasteiger partial charge on any atom is 0.327 e. The SMILES string of the molecule is COC(=O)[C@@H](N)c1cc(F)ccc1Cl. The lowest BCUT2D eigenvalue weighted by Gasteiger charge is -2.10. The van der Waals surface area contributed by atoms with E-state index in [0.717, 1.165) is 6.07 Å². The zero-order chi connectivity index (χ0) is 10.7. The van der Waals surface area contributed by atoms with Gasteiger partial charge in [0.15, 0.2) is 0 Å². The summed E-state index contributed by atoms with van der Waals surface area (Å²) in [6.07, 6.45) is 0. The van der Waals surface area contributed by atoms with E-state index in [9.17, 15) is 9.18 Å². The molecule has 0 radical (unpaired) electrons. The molecule has 1 aromatic carbocycles. The third-order valence-corrected chi connectivity index (χ3v) is 2.09. The second-order valence-electron chi connectivity index (χ2n) is 2.67. The van der Waals surface area contributed by atoms with E-state index in [1.54, 1.807) is 0 Å². The second kappa shape index (κ2) is 4.39. The molecule has 0 aliphatic heterocycles. The van der Waals surface area contributed by atoms with Gasteiger partial charge in [-0.15, -0.1) is 0 Å². The fourth-order valence-electron chi connectivity index (χ4n) is 1.01. The Kier molecular flexibility index (Phi) is 3.43. The summed E-state index contributed by atoms with van der Waals surface area (Å²) < 4.78 is 17.2. The number of carbonyl (C=O) groups excluding carboxylic acids is 1. The number of methoxy groups -OCH3 is 1. The summed E-state index contributed by atoms with van der Waals surface area (Å²) in [7, 11) is 1.20. The number of benzene rings is 1. The number of hydrogen-bond acceptors (Lipinski definition) is 3. The van der Waals surface area contributed by atoms with Crippen molar-refractivity contribution in [2.24, 2.45) is 5.73 Å². The number of esters is 1. The van der Waals surface area contributed by atoms with Crippen molar-refractivity contribution in [1.82, 2.24) is 0 Å². The van der Waals surface area contributed by atoms with Gasteiger partial charge in [0.25, 0.3) is 0 Å². The van der Waals surface area contributed by atoms with E-state index in [0.29, 0.717) is 0 Å². The number of nitrogens with two attached hydrogens (primary N) is 1. The molecule has 1 rings (SSSR count). The van der Waals surface area contributed by atoms with Gasteiger partial charge in [-0.2, -0.15) is 0 Å². The summed E-state index contributed by atoms with van der Waals surface area (Å²) in [6, 6.07) is 2.60. The Morgan fingerprint density at radius 2 is 2.29 bits per heavy atom. The topological polar surface area (TPSA) is 52.3 Å². The minimum atomic E-state index is -1.05. The molecular formula is C9H9ClFNO2. The lowest BCUT2D eigenvalue weighted by atomic mass is 10.1. The van der Waals surface area contributed by atoms with Gasteiger partial charge < -0.3 is 10.5 Å². The number of carbonyl (C=O) groups is 1. The quantitative estimate of drug-likeness (QED) is 0.767. The summed E-state index contributed by atoms with van der Waals surface area (Å²) in [6.45, 7) is 0. The fourth-order valence-corrected chi connectivity index (χ4v) is 1.24. The minimum absolute atomic E-state index is 0.221. The molecule has 1 aromatic rings. The first-order valence-electron chi connectivity index (χ1n) is 3.84. The third-order valence-electron chi connectivity index (χ3n) is 1.75. The molecule has 2 N–H and O–H groups in total. The van der Waals surface area contributed by atoms with Crippen LogP contribution in [-0.4, -0.2) is 13.1 Å². The Hall–Kier alpha value is -1.13. The van der Waals surface area contributed by atoms with Crippen LogP contribution in [0.5, 0.6) is 0 Å². The van der Waals surface area contributed by atoms with E-state index in [-0.39, 0.29) is 10.6 Å². The van der Waals surface area contributed by atoms with Crippen LogP contribution in [0.1, 0.15) is 11.6 Å². The largest absolute Gasteiger partial charge is 0.468 e. The molecule has 0 aromatic heterocycles. The van der Waals surface area contributed by atoms with Crippen molar-refractivity contribution >= 4 is 17.6 Å². The highest BCUT2D eigenvalue weighted by atomic mass is 35.5. The molecule has 1 atom stereocenters. The summed E-state index contributed by atoms with van der Waals surface area (Å²) in [4.78, 5) is 11.0. The van der Waals surface area contributed by atoms with Gasteiger partial charge in [-0.25, -0.2) is 4.39 Å². The first kappa shape index (κ1) is 10.9. The van der Waals surface area contributed by atoms with Crippen LogP contribution in [0.2, 0.25) is 5.02 Å². The molecule has 0 spiro atoms. The standard InChI is InChI=1S/C9H9ClFNO2/c1-14-9(13)8(12)6-4-5(11)2-3-7(6)10/h2-4,8H,12H2,1H3/t8-/m0/s1. The molecule has 0 unspecified atom stereocenters. The Morgan fingerprint density at radius 3 is 2.86 bits per heavy atom. The van der Waals surface area contributed by atoms with Crippen LogP contribution in [-0.2, 0) is 9.53 Å². The Morgan fingerprint density at radius 1 is 1.64 bits per heavy atom. The number of halogens is 2. The Labute approximate surface area is 85.6 Å². The summed E-state index contributed by atoms with van der Waals surface area (Å²) in [5.74, 6) is -1.15. The summed E-state index contributed by atoms with van der Waals surface area (Å²) >= 11 is 5.74. The normalized spacial score (nSPS) is 12.3. The predicted molar refractivity (Wildman–Crippen MR) is 50.4 cm³/mol. The highest BCUT2D eigenvalue weighted by Gasteiger charge is 2.19. The third kappa shape index (κ3) is 2.21. The van der Waals surface area contributed by atoms with Crippen LogP contribution in [0.4, 0.5) is 4.39 Å². The number of ether oxygens (including phenoxy) is 1. The molecule has 0 bridgehead atoms.